The second-order valence-electron chi connectivity index (χ2n) is 7.51. The Bertz CT molecular complexity index is 677. The van der Waals surface area contributed by atoms with Crippen molar-refractivity contribution in [1.82, 2.24) is 19.9 Å². The van der Waals surface area contributed by atoms with Crippen LogP contribution < -0.4 is 4.90 Å². The molecule has 0 N–H and O–H groups in total. The van der Waals surface area contributed by atoms with Gasteiger partial charge < -0.3 is 4.90 Å². The highest BCUT2D eigenvalue weighted by Gasteiger charge is 2.41. The lowest BCUT2D eigenvalue weighted by Crippen LogP contribution is -2.41. The third-order valence-corrected chi connectivity index (χ3v) is 5.85. The predicted molar refractivity (Wildman–Crippen MR) is 99.4 cm³/mol. The van der Waals surface area contributed by atoms with Gasteiger partial charge in [0.15, 0.2) is 0 Å². The van der Waals surface area contributed by atoms with E-state index < -0.39 is 0 Å². The van der Waals surface area contributed by atoms with E-state index in [4.69, 9.17) is 0 Å². The Morgan fingerprint density at radius 1 is 1.00 bits per heavy atom. The number of hydrogen-bond donors (Lipinski definition) is 0. The number of rotatable bonds is 4. The minimum absolute atomic E-state index is 0.452. The average Bonchev–Trinajstić information content (AvgIpc) is 3.09. The highest BCUT2D eigenvalue weighted by Crippen LogP contribution is 2.41. The summed E-state index contributed by atoms with van der Waals surface area (Å²) in [4.78, 5) is 18.5. The van der Waals surface area contributed by atoms with Crippen molar-refractivity contribution in [3.8, 4) is 0 Å². The number of nitrogens with zero attached hydrogens (tertiary/aromatic N) is 5. The van der Waals surface area contributed by atoms with E-state index in [1.165, 1.54) is 43.6 Å². The fraction of sp³-hybridized carbons (Fsp3) is 0.550. The molecular weight excluding hydrogens is 310 g/mol. The third kappa shape index (κ3) is 3.66. The molecule has 4 rings (SSSR count). The zero-order valence-corrected chi connectivity index (χ0v) is 15.1. The fourth-order valence-corrected chi connectivity index (χ4v) is 4.11. The van der Waals surface area contributed by atoms with Crippen LogP contribution in [0.4, 0.5) is 5.95 Å². The van der Waals surface area contributed by atoms with Gasteiger partial charge in [-0.2, -0.15) is 0 Å². The highest BCUT2D eigenvalue weighted by molar-refractivity contribution is 5.33. The number of piperidine rings is 1. The molecule has 132 valence electrons. The van der Waals surface area contributed by atoms with Crippen LogP contribution in [0.2, 0.25) is 0 Å². The van der Waals surface area contributed by atoms with E-state index in [0.717, 1.165) is 32.0 Å². The Kier molecular flexibility index (Phi) is 4.66. The Labute approximate surface area is 150 Å². The highest BCUT2D eigenvalue weighted by atomic mass is 15.3. The van der Waals surface area contributed by atoms with E-state index in [1.54, 1.807) is 0 Å². The maximum atomic E-state index is 4.58. The van der Waals surface area contributed by atoms with E-state index in [-0.39, 0.29) is 0 Å². The second-order valence-corrected chi connectivity index (χ2v) is 7.51. The topological polar surface area (TPSA) is 45.2 Å². The number of pyridine rings is 1. The molecule has 0 unspecified atom stereocenters. The van der Waals surface area contributed by atoms with Crippen molar-refractivity contribution in [2.24, 2.45) is 5.41 Å². The molecule has 0 aromatic carbocycles. The van der Waals surface area contributed by atoms with Gasteiger partial charge in [0.05, 0.1) is 5.69 Å². The molecule has 5 nitrogen and oxygen atoms in total. The smallest absolute Gasteiger partial charge is 0.225 e. The second kappa shape index (κ2) is 7.08. The van der Waals surface area contributed by atoms with Gasteiger partial charge in [-0.15, -0.1) is 0 Å². The minimum atomic E-state index is 0.452. The largest absolute Gasteiger partial charge is 0.340 e. The van der Waals surface area contributed by atoms with E-state index in [9.17, 15) is 0 Å². The number of aromatic nitrogens is 3. The van der Waals surface area contributed by atoms with E-state index >= 15 is 0 Å². The maximum absolute atomic E-state index is 4.58. The van der Waals surface area contributed by atoms with Gasteiger partial charge in [0.25, 0.3) is 0 Å². The summed E-state index contributed by atoms with van der Waals surface area (Å²) in [6.07, 6.45) is 10.6. The lowest BCUT2D eigenvalue weighted by molar-refractivity contribution is 0.114. The molecule has 2 aromatic rings. The van der Waals surface area contributed by atoms with Crippen LogP contribution in [0.25, 0.3) is 0 Å². The Morgan fingerprint density at radius 3 is 2.44 bits per heavy atom. The molecule has 0 radical (unpaired) electrons. The van der Waals surface area contributed by atoms with Gasteiger partial charge >= 0.3 is 0 Å². The number of aryl methyl sites for hydroxylation is 1. The molecule has 2 saturated heterocycles. The summed E-state index contributed by atoms with van der Waals surface area (Å²) in [6.45, 7) is 7.64. The molecule has 0 bridgehead atoms. The molecule has 0 saturated carbocycles. The van der Waals surface area contributed by atoms with Crippen molar-refractivity contribution in [2.45, 2.75) is 39.2 Å². The van der Waals surface area contributed by atoms with Crippen molar-refractivity contribution in [1.29, 1.82) is 0 Å². The molecule has 0 atom stereocenters. The number of anilines is 1. The van der Waals surface area contributed by atoms with Crippen molar-refractivity contribution >= 4 is 5.95 Å². The van der Waals surface area contributed by atoms with Gasteiger partial charge in [-0.05, 0) is 61.9 Å². The molecule has 0 aliphatic carbocycles. The first-order valence-electron chi connectivity index (χ1n) is 9.44. The van der Waals surface area contributed by atoms with Crippen LogP contribution >= 0.6 is 0 Å². The van der Waals surface area contributed by atoms with Crippen LogP contribution in [-0.2, 0) is 13.0 Å². The van der Waals surface area contributed by atoms with Crippen molar-refractivity contribution in [3.05, 3.63) is 48.0 Å². The first-order chi connectivity index (χ1) is 12.3. The Morgan fingerprint density at radius 2 is 1.76 bits per heavy atom. The SMILES string of the molecule is CCc1cnc(N2CCC3(CCN(Cc4ccccn4)CC3)C2)nc1. The normalized spacial score (nSPS) is 20.3. The molecule has 0 amide bonds. The van der Waals surface area contributed by atoms with Crippen molar-refractivity contribution < 1.29 is 0 Å². The average molecular weight is 337 g/mol. The number of hydrogen-bond acceptors (Lipinski definition) is 5. The van der Waals surface area contributed by atoms with Gasteiger partial charge in [0.2, 0.25) is 5.95 Å². The van der Waals surface area contributed by atoms with Crippen LogP contribution in [-0.4, -0.2) is 46.0 Å². The Balaban J connectivity index is 1.34. The molecular formula is C20H27N5. The van der Waals surface area contributed by atoms with E-state index in [2.05, 4.69) is 43.8 Å². The van der Waals surface area contributed by atoms with E-state index in [1.807, 2.05) is 24.7 Å². The van der Waals surface area contributed by atoms with Gasteiger partial charge in [-0.3, -0.25) is 9.88 Å². The van der Waals surface area contributed by atoms with Gasteiger partial charge in [-0.25, -0.2) is 9.97 Å². The number of likely N-dealkylation sites (tertiary alicyclic amines) is 1. The lowest BCUT2D eigenvalue weighted by atomic mass is 9.78. The summed E-state index contributed by atoms with van der Waals surface area (Å²) in [5.74, 6) is 0.907. The quantitative estimate of drug-likeness (QED) is 0.858. The summed E-state index contributed by atoms with van der Waals surface area (Å²) in [5.41, 5.74) is 2.84. The van der Waals surface area contributed by atoms with Crippen LogP contribution in [0.5, 0.6) is 0 Å². The predicted octanol–water partition coefficient (Wildman–Crippen LogP) is 2.93. The summed E-state index contributed by atoms with van der Waals surface area (Å²) >= 11 is 0. The van der Waals surface area contributed by atoms with Gasteiger partial charge in [0, 0.05) is 38.2 Å². The first-order valence-corrected chi connectivity index (χ1v) is 9.44. The van der Waals surface area contributed by atoms with Crippen LogP contribution in [0.15, 0.2) is 36.8 Å². The zero-order valence-electron chi connectivity index (χ0n) is 15.1. The minimum Gasteiger partial charge on any atom is -0.340 e. The fourth-order valence-electron chi connectivity index (χ4n) is 4.11. The Hall–Kier alpha value is -2.01. The summed E-state index contributed by atoms with van der Waals surface area (Å²) < 4.78 is 0. The van der Waals surface area contributed by atoms with E-state index in [0.29, 0.717) is 5.41 Å². The van der Waals surface area contributed by atoms with Crippen LogP contribution in [0.1, 0.15) is 37.4 Å². The third-order valence-electron chi connectivity index (χ3n) is 5.85. The molecule has 1 spiro atoms. The van der Waals surface area contributed by atoms with Crippen LogP contribution in [0.3, 0.4) is 0 Å². The molecule has 4 heterocycles. The molecule has 2 aromatic heterocycles. The summed E-state index contributed by atoms with van der Waals surface area (Å²) in [6, 6.07) is 6.18. The molecule has 25 heavy (non-hydrogen) atoms. The van der Waals surface area contributed by atoms with Crippen molar-refractivity contribution in [3.63, 3.8) is 0 Å². The standard InChI is InChI=1S/C20H27N5/c1-2-17-13-22-19(23-14-17)25-12-8-20(16-25)6-10-24(11-7-20)15-18-5-3-4-9-21-18/h3-5,9,13-14H,2,6-8,10-12,15-16H2,1H3. The summed E-state index contributed by atoms with van der Waals surface area (Å²) in [7, 11) is 0. The maximum Gasteiger partial charge on any atom is 0.225 e. The molecule has 2 fully saturated rings. The summed E-state index contributed by atoms with van der Waals surface area (Å²) in [5, 5.41) is 0. The van der Waals surface area contributed by atoms with Crippen LogP contribution in [0, 0.1) is 5.41 Å². The monoisotopic (exact) mass is 337 g/mol. The molecule has 2 aliphatic heterocycles. The van der Waals surface area contributed by atoms with Gasteiger partial charge in [-0.1, -0.05) is 13.0 Å². The molecule has 5 heteroatoms. The van der Waals surface area contributed by atoms with Crippen molar-refractivity contribution in [2.75, 3.05) is 31.1 Å². The van der Waals surface area contributed by atoms with Gasteiger partial charge in [0.1, 0.15) is 0 Å². The first kappa shape index (κ1) is 16.5. The zero-order chi connectivity index (χ0) is 17.1. The lowest BCUT2D eigenvalue weighted by Gasteiger charge is -2.39. The molecule has 2 aliphatic rings.